The average molecular weight is 742 g/mol. The Bertz CT molecular complexity index is 1920. The molecular weight excluding hydrogens is 693 g/mol. The number of nitrogens with one attached hydrogen (secondary N) is 1. The molecule has 0 spiro atoms. The summed E-state index contributed by atoms with van der Waals surface area (Å²) in [5, 5.41) is 29.7. The maximum Gasteiger partial charge on any atom is 0.319 e. The summed E-state index contributed by atoms with van der Waals surface area (Å²) in [5.74, 6) is -0.360. The Morgan fingerprint density at radius 1 is 1.17 bits per heavy atom. The van der Waals surface area contributed by atoms with E-state index >= 15 is 4.39 Å². The van der Waals surface area contributed by atoms with Gasteiger partial charge >= 0.3 is 6.01 Å². The van der Waals surface area contributed by atoms with E-state index in [1.165, 1.54) is 7.11 Å². The minimum atomic E-state index is -1.31. The van der Waals surface area contributed by atoms with Crippen molar-refractivity contribution in [1.82, 2.24) is 30.0 Å². The largest absolute Gasteiger partial charge is 0.480 e. The number of rotatable bonds is 8. The first-order valence-electron chi connectivity index (χ1n) is 18.4. The minimum Gasteiger partial charge on any atom is -0.480 e. The van der Waals surface area contributed by atoms with Crippen molar-refractivity contribution in [2.75, 3.05) is 64.7 Å². The molecule has 3 aromatic heterocycles. The van der Waals surface area contributed by atoms with E-state index in [9.17, 15) is 10.2 Å². The van der Waals surface area contributed by atoms with E-state index in [2.05, 4.69) is 15.1 Å². The van der Waals surface area contributed by atoms with Crippen LogP contribution in [0.5, 0.6) is 11.9 Å². The summed E-state index contributed by atoms with van der Waals surface area (Å²) in [6.45, 7) is 10.4. The standard InChI is InChI=1S/C35H43ClFN7O6.C2H6/c1-19-23(36)10-24-22(11-38-42-24)26(19)29-28(37)30-27(32(39-29)47-3)31(43-12-21(13-45)49-17-34(2,46)16-43)41-33(40-30)50-18-35-7-4-6-25(35)44(9-5-8-35)20-14-48-15-20;1-2/h10-11,20-21,25,45-46H,4-9,12-18H2,1-3H3,(H,38,42);1-2H3. The van der Waals surface area contributed by atoms with E-state index in [0.29, 0.717) is 45.7 Å². The number of H-pyrrole nitrogens is 1. The zero-order valence-electron chi connectivity index (χ0n) is 30.5. The molecule has 4 aromatic rings. The quantitative estimate of drug-likeness (QED) is 0.221. The van der Waals surface area contributed by atoms with Crippen LogP contribution in [-0.2, 0) is 9.47 Å². The molecule has 4 fully saturated rings. The first-order chi connectivity index (χ1) is 25.1. The van der Waals surface area contributed by atoms with Gasteiger partial charge in [0.2, 0.25) is 5.88 Å². The van der Waals surface area contributed by atoms with E-state index in [4.69, 9.17) is 45.5 Å². The molecule has 0 radical (unpaired) electrons. The lowest BCUT2D eigenvalue weighted by molar-refractivity contribution is -0.115. The SMILES string of the molecule is CC.COc1nc(-c2c(C)c(Cl)cc3[nH]ncc23)c(F)c2nc(OCC34CCCC3N(C3COC3)CCC4)nc(N3CC(CO)OCC(C)(O)C3)c12. The summed E-state index contributed by atoms with van der Waals surface area (Å²) in [5.41, 5.74) is 0.267. The number of ether oxygens (including phenoxy) is 4. The van der Waals surface area contributed by atoms with Crippen molar-refractivity contribution in [3.8, 4) is 23.1 Å². The van der Waals surface area contributed by atoms with Crippen LogP contribution in [0.15, 0.2) is 12.3 Å². The second-order valence-electron chi connectivity index (χ2n) is 14.6. The third kappa shape index (κ3) is 6.55. The van der Waals surface area contributed by atoms with Gasteiger partial charge in [0.25, 0.3) is 0 Å². The van der Waals surface area contributed by atoms with Crippen molar-refractivity contribution in [2.45, 2.75) is 83.6 Å². The highest BCUT2D eigenvalue weighted by molar-refractivity contribution is 6.33. The van der Waals surface area contributed by atoms with Crippen LogP contribution in [0, 0.1) is 18.2 Å². The third-order valence-corrected chi connectivity index (χ3v) is 11.5. The molecule has 15 heteroatoms. The number of aliphatic hydroxyl groups is 2. The second kappa shape index (κ2) is 14.8. The molecule has 6 heterocycles. The first-order valence-corrected chi connectivity index (χ1v) is 18.7. The number of hydrogen-bond acceptors (Lipinski definition) is 12. The molecule has 4 unspecified atom stereocenters. The molecule has 1 aliphatic carbocycles. The van der Waals surface area contributed by atoms with Crippen molar-refractivity contribution in [1.29, 1.82) is 0 Å². The van der Waals surface area contributed by atoms with Crippen molar-refractivity contribution in [3.63, 3.8) is 0 Å². The molecule has 0 bridgehead atoms. The molecule has 0 amide bonds. The number of aliphatic hydroxyl groups excluding tert-OH is 1. The highest BCUT2D eigenvalue weighted by Crippen LogP contribution is 2.49. The smallest absolute Gasteiger partial charge is 0.319 e. The number of piperidine rings is 1. The van der Waals surface area contributed by atoms with Crippen molar-refractivity contribution in [3.05, 3.63) is 28.7 Å². The van der Waals surface area contributed by atoms with Crippen LogP contribution in [-0.4, -0.2) is 124 Å². The van der Waals surface area contributed by atoms with E-state index < -0.39 is 17.5 Å². The molecule has 8 rings (SSSR count). The predicted octanol–water partition coefficient (Wildman–Crippen LogP) is 5.06. The van der Waals surface area contributed by atoms with E-state index in [1.807, 2.05) is 13.8 Å². The Morgan fingerprint density at radius 3 is 2.69 bits per heavy atom. The van der Waals surface area contributed by atoms with Crippen LogP contribution in [0.4, 0.5) is 10.2 Å². The summed E-state index contributed by atoms with van der Waals surface area (Å²) < 4.78 is 41.0. The number of fused-ring (bicyclic) bond motifs is 3. The Labute approximate surface area is 307 Å². The molecule has 3 N–H and O–H groups in total. The van der Waals surface area contributed by atoms with Gasteiger partial charge in [0, 0.05) is 34.0 Å². The van der Waals surface area contributed by atoms with Crippen LogP contribution in [0.25, 0.3) is 33.1 Å². The number of β-amino-alcohol motifs (C(OH)–C–C–N with tert-alkyl or cyclic N) is 1. The Balaban J connectivity index is 0.00000207. The number of methoxy groups -OCH3 is 1. The van der Waals surface area contributed by atoms with Gasteiger partial charge in [-0.05, 0) is 57.7 Å². The fourth-order valence-electron chi connectivity index (χ4n) is 8.57. The monoisotopic (exact) mass is 741 g/mol. The summed E-state index contributed by atoms with van der Waals surface area (Å²) in [6.07, 6.45) is 6.29. The Hall–Kier alpha value is -3.40. The number of aromatic amines is 1. The van der Waals surface area contributed by atoms with E-state index in [-0.39, 0.29) is 66.0 Å². The fourth-order valence-corrected chi connectivity index (χ4v) is 8.77. The van der Waals surface area contributed by atoms with E-state index in [1.54, 1.807) is 31.0 Å². The maximum absolute atomic E-state index is 17.2. The summed E-state index contributed by atoms with van der Waals surface area (Å²) >= 11 is 6.62. The van der Waals surface area contributed by atoms with Gasteiger partial charge in [0.05, 0.1) is 70.5 Å². The molecular formula is C37H49ClFN7O6. The van der Waals surface area contributed by atoms with Gasteiger partial charge in [-0.25, -0.2) is 9.37 Å². The molecule has 4 atom stereocenters. The number of nitrogens with zero attached hydrogens (tertiary/aromatic N) is 6. The number of anilines is 1. The lowest BCUT2D eigenvalue weighted by Gasteiger charge is -2.51. The minimum absolute atomic E-state index is 0.00379. The normalized spacial score (nSPS) is 26.8. The Kier molecular flexibility index (Phi) is 10.5. The van der Waals surface area contributed by atoms with Gasteiger partial charge < -0.3 is 34.1 Å². The number of hydrogen-bond donors (Lipinski definition) is 3. The van der Waals surface area contributed by atoms with Gasteiger partial charge in [-0.1, -0.05) is 31.9 Å². The number of halogens is 2. The second-order valence-corrected chi connectivity index (χ2v) is 15.0. The van der Waals surface area contributed by atoms with Crippen LogP contribution in [0.3, 0.4) is 0 Å². The van der Waals surface area contributed by atoms with E-state index in [0.717, 1.165) is 51.9 Å². The number of benzene rings is 1. The molecule has 282 valence electrons. The zero-order chi connectivity index (χ0) is 36.8. The fraction of sp³-hybridized carbons (Fsp3) is 0.622. The lowest BCUT2D eigenvalue weighted by Crippen LogP contribution is -2.60. The number of likely N-dealkylation sites (tertiary alicyclic amines) is 1. The van der Waals surface area contributed by atoms with Crippen molar-refractivity contribution >= 4 is 39.2 Å². The van der Waals surface area contributed by atoms with Gasteiger partial charge in [-0.15, -0.1) is 0 Å². The van der Waals surface area contributed by atoms with Gasteiger partial charge in [-0.2, -0.15) is 15.1 Å². The highest BCUT2D eigenvalue weighted by Gasteiger charge is 2.51. The molecule has 13 nitrogen and oxygen atoms in total. The molecule has 1 saturated carbocycles. The van der Waals surface area contributed by atoms with Gasteiger partial charge in [-0.3, -0.25) is 10.00 Å². The molecule has 3 saturated heterocycles. The van der Waals surface area contributed by atoms with Crippen LogP contribution in [0.1, 0.15) is 58.4 Å². The topological polar surface area (TPSA) is 151 Å². The number of aromatic nitrogens is 5. The lowest BCUT2D eigenvalue weighted by atomic mass is 9.75. The molecule has 52 heavy (non-hydrogen) atoms. The van der Waals surface area contributed by atoms with Crippen molar-refractivity contribution in [2.24, 2.45) is 5.41 Å². The summed E-state index contributed by atoms with van der Waals surface area (Å²) in [4.78, 5) is 18.7. The highest BCUT2D eigenvalue weighted by atomic mass is 35.5. The van der Waals surface area contributed by atoms with Crippen LogP contribution < -0.4 is 14.4 Å². The molecule has 1 aromatic carbocycles. The summed E-state index contributed by atoms with van der Waals surface area (Å²) in [6, 6.07) is 2.55. The average Bonchev–Trinajstić information content (AvgIpc) is 3.74. The van der Waals surface area contributed by atoms with Gasteiger partial charge in [0.1, 0.15) is 28.0 Å². The van der Waals surface area contributed by atoms with Gasteiger partial charge in [0.15, 0.2) is 5.82 Å². The van der Waals surface area contributed by atoms with Crippen LogP contribution in [0.2, 0.25) is 5.02 Å². The molecule has 4 aliphatic rings. The third-order valence-electron chi connectivity index (χ3n) is 11.1. The zero-order valence-corrected chi connectivity index (χ0v) is 31.3. The van der Waals surface area contributed by atoms with Crippen molar-refractivity contribution < 1.29 is 33.6 Å². The first kappa shape index (κ1) is 36.9. The molecule has 3 aliphatic heterocycles. The summed E-state index contributed by atoms with van der Waals surface area (Å²) in [7, 11) is 1.45. The Morgan fingerprint density at radius 2 is 1.96 bits per heavy atom. The predicted molar refractivity (Wildman–Crippen MR) is 196 cm³/mol. The maximum atomic E-state index is 17.2. The van der Waals surface area contributed by atoms with Crippen LogP contribution >= 0.6 is 11.6 Å². The number of pyridine rings is 1.